The van der Waals surface area contributed by atoms with Crippen LogP contribution < -0.4 is 4.90 Å². The summed E-state index contributed by atoms with van der Waals surface area (Å²) in [7, 11) is 0. The Morgan fingerprint density at radius 2 is 2.00 bits per heavy atom. The zero-order chi connectivity index (χ0) is 13.4. The van der Waals surface area contributed by atoms with Gasteiger partial charge in [0, 0.05) is 18.7 Å². The van der Waals surface area contributed by atoms with Crippen molar-refractivity contribution in [1.29, 1.82) is 0 Å². The molecule has 1 aliphatic heterocycles. The summed E-state index contributed by atoms with van der Waals surface area (Å²) in [6, 6.07) is 7.95. The average Bonchev–Trinajstić information content (AvgIpc) is 2.97. The molecule has 1 aromatic carbocycles. The molecule has 1 aliphatic rings. The molecule has 2 aromatic rings. The molecule has 2 heterocycles. The highest BCUT2D eigenvalue weighted by atomic mass is 16.5. The molecule has 5 heteroatoms. The van der Waals surface area contributed by atoms with Gasteiger partial charge >= 0.3 is 0 Å². The molecule has 1 amide bonds. The zero-order valence-electron chi connectivity index (χ0n) is 11.0. The second-order valence-electron chi connectivity index (χ2n) is 4.92. The van der Waals surface area contributed by atoms with Crippen molar-refractivity contribution >= 4 is 11.6 Å². The van der Waals surface area contributed by atoms with Crippen molar-refractivity contribution in [1.82, 2.24) is 10.1 Å². The van der Waals surface area contributed by atoms with Crippen LogP contribution in [0, 0.1) is 13.8 Å². The van der Waals surface area contributed by atoms with E-state index in [0.717, 1.165) is 5.69 Å². The molecule has 98 valence electrons. The average molecular weight is 257 g/mol. The number of aromatic nitrogens is 2. The van der Waals surface area contributed by atoms with Crippen LogP contribution in [0.5, 0.6) is 0 Å². The Hall–Kier alpha value is -2.17. The first-order chi connectivity index (χ1) is 9.13. The Balaban J connectivity index is 1.82. The molecular weight excluding hydrogens is 242 g/mol. The molecule has 0 spiro atoms. The third-order valence-corrected chi connectivity index (χ3v) is 3.36. The van der Waals surface area contributed by atoms with E-state index < -0.39 is 0 Å². The van der Waals surface area contributed by atoms with Crippen molar-refractivity contribution in [2.45, 2.75) is 26.2 Å². The van der Waals surface area contributed by atoms with Gasteiger partial charge in [0.1, 0.15) is 0 Å². The molecule has 3 rings (SSSR count). The van der Waals surface area contributed by atoms with Crippen LogP contribution in [-0.2, 0) is 4.79 Å². The normalized spacial score (nSPS) is 19.2. The minimum absolute atomic E-state index is 0.00463. The largest absolute Gasteiger partial charge is 0.339 e. The smallest absolute Gasteiger partial charge is 0.232 e. The van der Waals surface area contributed by atoms with Crippen molar-refractivity contribution in [2.24, 2.45) is 0 Å². The molecule has 0 aliphatic carbocycles. The molecule has 0 bridgehead atoms. The van der Waals surface area contributed by atoms with E-state index in [0.29, 0.717) is 24.7 Å². The number of aryl methyl sites for hydroxylation is 2. The maximum atomic E-state index is 12.1. The van der Waals surface area contributed by atoms with Crippen LogP contribution in [0.3, 0.4) is 0 Å². The summed E-state index contributed by atoms with van der Waals surface area (Å²) in [6.07, 6.45) is 0.426. The van der Waals surface area contributed by atoms with E-state index in [4.69, 9.17) is 4.52 Å². The van der Waals surface area contributed by atoms with E-state index in [1.807, 2.05) is 31.2 Å². The maximum absolute atomic E-state index is 12.1. The summed E-state index contributed by atoms with van der Waals surface area (Å²) in [4.78, 5) is 18.1. The van der Waals surface area contributed by atoms with Gasteiger partial charge in [-0.05, 0) is 26.0 Å². The molecule has 1 fully saturated rings. The lowest BCUT2D eigenvalue weighted by atomic mass is 10.1. The molecule has 1 atom stereocenters. The van der Waals surface area contributed by atoms with E-state index in [1.54, 1.807) is 11.8 Å². The van der Waals surface area contributed by atoms with Crippen molar-refractivity contribution in [2.75, 3.05) is 11.4 Å². The zero-order valence-corrected chi connectivity index (χ0v) is 11.0. The second-order valence-corrected chi connectivity index (χ2v) is 4.92. The van der Waals surface area contributed by atoms with Gasteiger partial charge < -0.3 is 9.42 Å². The first-order valence-electron chi connectivity index (χ1n) is 6.31. The van der Waals surface area contributed by atoms with Crippen LogP contribution in [-0.4, -0.2) is 22.6 Å². The van der Waals surface area contributed by atoms with E-state index in [9.17, 15) is 4.79 Å². The SMILES string of the molecule is Cc1ccc(N2C[C@H](c3nc(C)no3)CC2=O)cc1. The number of nitrogens with zero attached hydrogens (tertiary/aromatic N) is 3. The molecule has 1 saturated heterocycles. The summed E-state index contributed by atoms with van der Waals surface area (Å²) < 4.78 is 5.16. The highest BCUT2D eigenvalue weighted by Gasteiger charge is 2.34. The van der Waals surface area contributed by atoms with Gasteiger partial charge in [-0.25, -0.2) is 0 Å². The quantitative estimate of drug-likeness (QED) is 0.827. The molecule has 1 aromatic heterocycles. The Morgan fingerprint density at radius 3 is 2.63 bits per heavy atom. The molecule has 0 saturated carbocycles. The second kappa shape index (κ2) is 4.50. The topological polar surface area (TPSA) is 59.2 Å². The van der Waals surface area contributed by atoms with Gasteiger partial charge in [0.05, 0.1) is 5.92 Å². The van der Waals surface area contributed by atoms with Crippen LogP contribution in [0.1, 0.15) is 29.6 Å². The number of hydrogen-bond acceptors (Lipinski definition) is 4. The van der Waals surface area contributed by atoms with Crippen LogP contribution in [0.2, 0.25) is 0 Å². The van der Waals surface area contributed by atoms with Crippen LogP contribution in [0.4, 0.5) is 5.69 Å². The summed E-state index contributed by atoms with van der Waals surface area (Å²) in [5.74, 6) is 1.26. The number of benzene rings is 1. The fourth-order valence-electron chi connectivity index (χ4n) is 2.33. The first kappa shape index (κ1) is 11.9. The predicted molar refractivity (Wildman–Crippen MR) is 69.9 cm³/mol. The Kier molecular flexibility index (Phi) is 2.81. The number of carbonyl (C=O) groups is 1. The summed E-state index contributed by atoms with van der Waals surface area (Å²) in [5, 5.41) is 3.78. The minimum Gasteiger partial charge on any atom is -0.339 e. The van der Waals surface area contributed by atoms with Gasteiger partial charge in [0.25, 0.3) is 0 Å². The van der Waals surface area contributed by atoms with Crippen molar-refractivity contribution < 1.29 is 9.32 Å². The van der Waals surface area contributed by atoms with Crippen molar-refractivity contribution in [3.63, 3.8) is 0 Å². The first-order valence-corrected chi connectivity index (χ1v) is 6.31. The van der Waals surface area contributed by atoms with Gasteiger partial charge in [0.15, 0.2) is 5.82 Å². The van der Waals surface area contributed by atoms with Gasteiger partial charge in [-0.15, -0.1) is 0 Å². The Morgan fingerprint density at radius 1 is 1.26 bits per heavy atom. The third kappa shape index (κ3) is 2.23. The van der Waals surface area contributed by atoms with Crippen LogP contribution in [0.15, 0.2) is 28.8 Å². The predicted octanol–water partition coefficient (Wildman–Crippen LogP) is 2.21. The standard InChI is InChI=1S/C14H15N3O2/c1-9-3-5-12(6-4-9)17-8-11(7-13(17)18)14-15-10(2)16-19-14/h3-6,11H,7-8H2,1-2H3/t11-/m1/s1. The van der Waals surface area contributed by atoms with E-state index >= 15 is 0 Å². The minimum atomic E-state index is -0.00463. The Labute approximate surface area is 111 Å². The van der Waals surface area contributed by atoms with E-state index in [2.05, 4.69) is 10.1 Å². The van der Waals surface area contributed by atoms with Gasteiger partial charge in [-0.2, -0.15) is 4.98 Å². The number of hydrogen-bond donors (Lipinski definition) is 0. The number of rotatable bonds is 2. The number of amides is 1. The Bertz CT molecular complexity index is 603. The monoisotopic (exact) mass is 257 g/mol. The third-order valence-electron chi connectivity index (χ3n) is 3.36. The van der Waals surface area contributed by atoms with Crippen molar-refractivity contribution in [3.8, 4) is 0 Å². The van der Waals surface area contributed by atoms with Gasteiger partial charge in [0.2, 0.25) is 11.8 Å². The van der Waals surface area contributed by atoms with E-state index in [-0.39, 0.29) is 11.8 Å². The molecule has 5 nitrogen and oxygen atoms in total. The lowest BCUT2D eigenvalue weighted by Crippen LogP contribution is -2.24. The summed E-state index contributed by atoms with van der Waals surface area (Å²) in [6.45, 7) is 4.41. The van der Waals surface area contributed by atoms with Gasteiger partial charge in [-0.1, -0.05) is 22.9 Å². The summed E-state index contributed by atoms with van der Waals surface area (Å²) in [5.41, 5.74) is 2.11. The van der Waals surface area contributed by atoms with Crippen LogP contribution in [0.25, 0.3) is 0 Å². The molecule has 0 unspecified atom stereocenters. The highest BCUT2D eigenvalue weighted by Crippen LogP contribution is 2.30. The lowest BCUT2D eigenvalue weighted by Gasteiger charge is -2.16. The molecule has 19 heavy (non-hydrogen) atoms. The fourth-order valence-corrected chi connectivity index (χ4v) is 2.33. The molecule has 0 N–H and O–H groups in total. The maximum Gasteiger partial charge on any atom is 0.232 e. The number of carbonyl (C=O) groups excluding carboxylic acids is 1. The lowest BCUT2D eigenvalue weighted by molar-refractivity contribution is -0.117. The molecular formula is C14H15N3O2. The molecule has 0 radical (unpaired) electrons. The van der Waals surface area contributed by atoms with Gasteiger partial charge in [-0.3, -0.25) is 4.79 Å². The fraction of sp³-hybridized carbons (Fsp3) is 0.357. The van der Waals surface area contributed by atoms with Crippen LogP contribution >= 0.6 is 0 Å². The highest BCUT2D eigenvalue weighted by molar-refractivity contribution is 5.96. The number of anilines is 1. The van der Waals surface area contributed by atoms with Crippen molar-refractivity contribution in [3.05, 3.63) is 41.5 Å². The summed E-state index contributed by atoms with van der Waals surface area (Å²) >= 11 is 0. The van der Waals surface area contributed by atoms with E-state index in [1.165, 1.54) is 5.56 Å².